The number of nitrogens with zero attached hydrogens (tertiary/aromatic N) is 2. The monoisotopic (exact) mass is 376 g/mol. The third-order valence-electron chi connectivity index (χ3n) is 4.44. The quantitative estimate of drug-likeness (QED) is 0.560. The van der Waals surface area contributed by atoms with Crippen LogP contribution in [0.4, 0.5) is 0 Å². The van der Waals surface area contributed by atoms with Crippen molar-refractivity contribution in [2.45, 2.75) is 38.8 Å². The number of hydrogen-bond acceptors (Lipinski definition) is 4. The summed E-state index contributed by atoms with van der Waals surface area (Å²) in [5.74, 6) is 1.43. The Hall–Kier alpha value is -2.28. The van der Waals surface area contributed by atoms with E-state index in [0.717, 1.165) is 36.3 Å². The number of amides is 1. The van der Waals surface area contributed by atoms with Crippen molar-refractivity contribution in [3.8, 4) is 5.75 Å². The smallest absolute Gasteiger partial charge is 0.241 e. The third-order valence-corrected chi connectivity index (χ3v) is 4.44. The van der Waals surface area contributed by atoms with E-state index < -0.39 is 0 Å². The Bertz CT molecular complexity index is 640. The van der Waals surface area contributed by atoms with Crippen molar-refractivity contribution in [3.63, 3.8) is 0 Å². The van der Waals surface area contributed by atoms with E-state index in [4.69, 9.17) is 9.47 Å². The first-order chi connectivity index (χ1) is 13.0. The second kappa shape index (κ2) is 10.8. The molecule has 0 spiro atoms. The summed E-state index contributed by atoms with van der Waals surface area (Å²) >= 11 is 0. The average Bonchev–Trinajstić information content (AvgIpc) is 2.67. The number of guanidine groups is 1. The molecule has 1 aliphatic heterocycles. The number of benzene rings is 1. The zero-order valence-electron chi connectivity index (χ0n) is 16.9. The lowest BCUT2D eigenvalue weighted by molar-refractivity contribution is -0.127. The van der Waals surface area contributed by atoms with Crippen LogP contribution in [0.2, 0.25) is 0 Å². The van der Waals surface area contributed by atoms with Crippen molar-refractivity contribution in [1.82, 2.24) is 15.5 Å². The third kappa shape index (κ3) is 7.46. The zero-order valence-corrected chi connectivity index (χ0v) is 16.9. The minimum atomic E-state index is -0.00404. The summed E-state index contributed by atoms with van der Waals surface area (Å²) in [4.78, 5) is 18.1. The highest BCUT2D eigenvalue weighted by atomic mass is 16.5. The van der Waals surface area contributed by atoms with Crippen molar-refractivity contribution < 1.29 is 14.3 Å². The highest BCUT2D eigenvalue weighted by Gasteiger charge is 2.14. The fourth-order valence-electron chi connectivity index (χ4n) is 2.87. The summed E-state index contributed by atoms with van der Waals surface area (Å²) in [6.45, 7) is 4.22. The molecular formula is C20H32N4O3. The molecule has 0 aromatic heterocycles. The number of ether oxygens (including phenoxy) is 2. The normalized spacial score (nSPS) is 17.3. The van der Waals surface area contributed by atoms with E-state index in [-0.39, 0.29) is 18.6 Å². The lowest BCUT2D eigenvalue weighted by Crippen LogP contribution is -2.45. The number of rotatable bonds is 7. The molecule has 0 bridgehead atoms. The summed E-state index contributed by atoms with van der Waals surface area (Å²) in [5, 5.41) is 6.42. The maximum Gasteiger partial charge on any atom is 0.241 e. The lowest BCUT2D eigenvalue weighted by Gasteiger charge is -2.24. The van der Waals surface area contributed by atoms with Gasteiger partial charge in [0.1, 0.15) is 5.75 Å². The second-order valence-corrected chi connectivity index (χ2v) is 7.03. The van der Waals surface area contributed by atoms with E-state index in [9.17, 15) is 4.79 Å². The van der Waals surface area contributed by atoms with Crippen LogP contribution in [0.3, 0.4) is 0 Å². The molecule has 1 unspecified atom stereocenters. The Kier molecular flexibility index (Phi) is 8.39. The highest BCUT2D eigenvalue weighted by Crippen LogP contribution is 2.17. The summed E-state index contributed by atoms with van der Waals surface area (Å²) in [6.07, 6.45) is 3.55. The molecule has 150 valence electrons. The van der Waals surface area contributed by atoms with Crippen LogP contribution in [-0.4, -0.2) is 63.8 Å². The second-order valence-electron chi connectivity index (χ2n) is 7.03. The molecule has 7 nitrogen and oxygen atoms in total. The van der Waals surface area contributed by atoms with Crippen molar-refractivity contribution in [3.05, 3.63) is 29.3 Å². The highest BCUT2D eigenvalue weighted by molar-refractivity contribution is 5.86. The molecule has 0 saturated carbocycles. The Morgan fingerprint density at radius 2 is 2.11 bits per heavy atom. The summed E-state index contributed by atoms with van der Waals surface area (Å²) in [6, 6.07) is 6.04. The van der Waals surface area contributed by atoms with Crippen LogP contribution in [0.5, 0.6) is 5.75 Å². The van der Waals surface area contributed by atoms with Gasteiger partial charge < -0.3 is 25.0 Å². The molecule has 0 radical (unpaired) electrons. The number of methoxy groups -OCH3 is 1. The van der Waals surface area contributed by atoms with Crippen molar-refractivity contribution in [1.29, 1.82) is 0 Å². The predicted molar refractivity (Wildman–Crippen MR) is 107 cm³/mol. The van der Waals surface area contributed by atoms with E-state index in [0.29, 0.717) is 19.0 Å². The maximum absolute atomic E-state index is 11.9. The first-order valence-corrected chi connectivity index (χ1v) is 9.46. The molecule has 1 atom stereocenters. The molecule has 1 heterocycles. The van der Waals surface area contributed by atoms with Gasteiger partial charge in [-0.3, -0.25) is 4.79 Å². The molecule has 1 aliphatic rings. The SMILES string of the molecule is COc1cc(C)cc(CN=C(NCC(=O)N(C)C)NCC2CCCCO2)c1. The number of aliphatic imine (C=N–C) groups is 1. The molecule has 1 amide bonds. The van der Waals surface area contributed by atoms with Gasteiger partial charge in [0.05, 0.1) is 26.3 Å². The molecule has 27 heavy (non-hydrogen) atoms. The van der Waals surface area contributed by atoms with Crippen molar-refractivity contribution in [2.24, 2.45) is 4.99 Å². The molecule has 0 aliphatic carbocycles. The first-order valence-electron chi connectivity index (χ1n) is 9.46. The summed E-state index contributed by atoms with van der Waals surface area (Å²) in [7, 11) is 5.14. The fourth-order valence-corrected chi connectivity index (χ4v) is 2.87. The van der Waals surface area contributed by atoms with E-state index >= 15 is 0 Å². The van der Waals surface area contributed by atoms with Crippen LogP contribution < -0.4 is 15.4 Å². The molecule has 7 heteroatoms. The van der Waals surface area contributed by atoms with Gasteiger partial charge in [0.15, 0.2) is 5.96 Å². The molecule has 1 fully saturated rings. The Balaban J connectivity index is 2.01. The molecule has 1 aromatic carbocycles. The molecule has 1 aromatic rings. The van der Waals surface area contributed by atoms with E-state index in [1.165, 1.54) is 6.42 Å². The van der Waals surface area contributed by atoms with Crippen LogP contribution in [0, 0.1) is 6.92 Å². The molecule has 2 rings (SSSR count). The van der Waals surface area contributed by atoms with Gasteiger partial charge in [-0.25, -0.2) is 4.99 Å². The Morgan fingerprint density at radius 1 is 1.30 bits per heavy atom. The van der Waals surface area contributed by atoms with E-state index in [1.54, 1.807) is 26.1 Å². The Morgan fingerprint density at radius 3 is 2.78 bits per heavy atom. The molecule has 1 saturated heterocycles. The predicted octanol–water partition coefficient (Wildman–Crippen LogP) is 1.70. The van der Waals surface area contributed by atoms with Gasteiger partial charge in [0, 0.05) is 27.2 Å². The summed E-state index contributed by atoms with van der Waals surface area (Å²) in [5.41, 5.74) is 2.18. The fraction of sp³-hybridized carbons (Fsp3) is 0.600. The number of carbonyl (C=O) groups is 1. The number of likely N-dealkylation sites (N-methyl/N-ethyl adjacent to an activating group) is 1. The van der Waals surface area contributed by atoms with Gasteiger partial charge >= 0.3 is 0 Å². The minimum absolute atomic E-state index is 0.00404. The van der Waals surface area contributed by atoms with Crippen molar-refractivity contribution >= 4 is 11.9 Å². The van der Waals surface area contributed by atoms with Crippen LogP contribution in [0.1, 0.15) is 30.4 Å². The first kappa shape index (κ1) is 21.0. The number of carbonyl (C=O) groups excluding carboxylic acids is 1. The average molecular weight is 377 g/mol. The molecular weight excluding hydrogens is 344 g/mol. The van der Waals surface area contributed by atoms with Crippen LogP contribution in [-0.2, 0) is 16.1 Å². The number of aryl methyl sites for hydroxylation is 1. The lowest BCUT2D eigenvalue weighted by atomic mass is 10.1. The van der Waals surface area contributed by atoms with Gasteiger partial charge in [0.25, 0.3) is 0 Å². The van der Waals surface area contributed by atoms with Gasteiger partial charge in [-0.2, -0.15) is 0 Å². The largest absolute Gasteiger partial charge is 0.497 e. The maximum atomic E-state index is 11.9. The van der Waals surface area contributed by atoms with Crippen LogP contribution in [0.15, 0.2) is 23.2 Å². The van der Waals surface area contributed by atoms with Crippen molar-refractivity contribution in [2.75, 3.05) is 40.9 Å². The van der Waals surface area contributed by atoms with Gasteiger partial charge in [-0.05, 0) is 49.4 Å². The zero-order chi connectivity index (χ0) is 19.6. The standard InChI is InChI=1S/C20H32N4O3/c1-15-9-16(11-18(10-15)26-4)12-21-20(23-14-19(25)24(2)3)22-13-17-7-5-6-8-27-17/h9-11,17H,5-8,12-14H2,1-4H3,(H2,21,22,23). The van der Waals surface area contributed by atoms with E-state index in [2.05, 4.69) is 21.7 Å². The number of nitrogens with one attached hydrogen (secondary N) is 2. The van der Waals surface area contributed by atoms with Gasteiger partial charge in [-0.15, -0.1) is 0 Å². The minimum Gasteiger partial charge on any atom is -0.497 e. The topological polar surface area (TPSA) is 75.2 Å². The summed E-state index contributed by atoms with van der Waals surface area (Å²) < 4.78 is 11.1. The molecule has 2 N–H and O–H groups in total. The van der Waals surface area contributed by atoms with Crippen LogP contribution in [0.25, 0.3) is 0 Å². The Labute approximate surface area is 162 Å². The van der Waals surface area contributed by atoms with Gasteiger partial charge in [0.2, 0.25) is 5.91 Å². The van der Waals surface area contributed by atoms with Gasteiger partial charge in [-0.1, -0.05) is 6.07 Å². The van der Waals surface area contributed by atoms with E-state index in [1.807, 2.05) is 19.1 Å². The van der Waals surface area contributed by atoms with Crippen LogP contribution >= 0.6 is 0 Å². The number of hydrogen-bond donors (Lipinski definition) is 2.